The van der Waals surface area contributed by atoms with Gasteiger partial charge in [-0.05, 0) is 32.5 Å². The molecular weight excluding hydrogens is 226 g/mol. The molecule has 0 radical (unpaired) electrons. The van der Waals surface area contributed by atoms with Gasteiger partial charge in [0.25, 0.3) is 0 Å². The highest BCUT2D eigenvalue weighted by molar-refractivity contribution is 5.77. The van der Waals surface area contributed by atoms with Crippen LogP contribution in [0.4, 0.5) is 0 Å². The molecule has 1 rings (SSSR count). The van der Waals surface area contributed by atoms with E-state index in [1.165, 1.54) is 5.56 Å². The largest absolute Gasteiger partial charge is 0.355 e. The first-order valence-electron chi connectivity index (χ1n) is 6.41. The molecule has 4 heteroatoms. The number of nitrogens with zero attached hydrogens (tertiary/aromatic N) is 1. The summed E-state index contributed by atoms with van der Waals surface area (Å²) in [5.74, 6) is 0.0537. The number of carbonyl (C=O) groups is 1. The SMILES string of the molecule is CCNC(=O)CN(C)C(CCN)c1ccccc1. The number of likely N-dealkylation sites (N-methyl/N-ethyl adjacent to an activating group) is 2. The van der Waals surface area contributed by atoms with Crippen LogP contribution in [0.1, 0.15) is 24.9 Å². The van der Waals surface area contributed by atoms with Gasteiger partial charge in [-0.1, -0.05) is 30.3 Å². The average molecular weight is 249 g/mol. The minimum atomic E-state index is 0.0537. The van der Waals surface area contributed by atoms with Crippen molar-refractivity contribution in [2.24, 2.45) is 5.73 Å². The van der Waals surface area contributed by atoms with Crippen LogP contribution < -0.4 is 11.1 Å². The maximum Gasteiger partial charge on any atom is 0.234 e. The van der Waals surface area contributed by atoms with Gasteiger partial charge in [0.05, 0.1) is 6.54 Å². The second-order valence-electron chi connectivity index (χ2n) is 4.37. The summed E-state index contributed by atoms with van der Waals surface area (Å²) in [5.41, 5.74) is 6.87. The van der Waals surface area contributed by atoms with Crippen LogP contribution in [0.25, 0.3) is 0 Å². The highest BCUT2D eigenvalue weighted by Gasteiger charge is 2.18. The fourth-order valence-corrected chi connectivity index (χ4v) is 2.06. The Hall–Kier alpha value is -1.39. The number of benzene rings is 1. The van der Waals surface area contributed by atoms with Crippen molar-refractivity contribution in [2.75, 3.05) is 26.7 Å². The summed E-state index contributed by atoms with van der Waals surface area (Å²) in [7, 11) is 1.96. The van der Waals surface area contributed by atoms with Crippen LogP contribution in [0.5, 0.6) is 0 Å². The molecule has 1 amide bonds. The Balaban J connectivity index is 2.69. The van der Waals surface area contributed by atoms with Gasteiger partial charge in [0.15, 0.2) is 0 Å². The van der Waals surface area contributed by atoms with Crippen LogP contribution in [0.15, 0.2) is 30.3 Å². The topological polar surface area (TPSA) is 58.4 Å². The minimum absolute atomic E-state index is 0.0537. The van der Waals surface area contributed by atoms with Gasteiger partial charge >= 0.3 is 0 Å². The first-order valence-corrected chi connectivity index (χ1v) is 6.41. The van der Waals surface area contributed by atoms with E-state index in [1.54, 1.807) is 0 Å². The summed E-state index contributed by atoms with van der Waals surface area (Å²) in [6.45, 7) is 3.60. The number of rotatable bonds is 7. The monoisotopic (exact) mass is 249 g/mol. The Labute approximate surface area is 109 Å². The van der Waals surface area contributed by atoms with Crippen LogP contribution in [0, 0.1) is 0 Å². The van der Waals surface area contributed by atoms with Crippen molar-refractivity contribution >= 4 is 5.91 Å². The van der Waals surface area contributed by atoms with Crippen molar-refractivity contribution in [3.05, 3.63) is 35.9 Å². The zero-order valence-electron chi connectivity index (χ0n) is 11.2. The van der Waals surface area contributed by atoms with Crippen molar-refractivity contribution in [1.29, 1.82) is 0 Å². The molecule has 0 aliphatic carbocycles. The summed E-state index contributed by atoms with van der Waals surface area (Å²) < 4.78 is 0. The number of hydrogen-bond acceptors (Lipinski definition) is 3. The van der Waals surface area contributed by atoms with E-state index >= 15 is 0 Å². The Bertz CT molecular complexity index is 353. The second kappa shape index (κ2) is 7.84. The van der Waals surface area contributed by atoms with E-state index in [-0.39, 0.29) is 11.9 Å². The van der Waals surface area contributed by atoms with Gasteiger partial charge in [0, 0.05) is 12.6 Å². The summed E-state index contributed by atoms with van der Waals surface area (Å²) in [4.78, 5) is 13.7. The van der Waals surface area contributed by atoms with Crippen LogP contribution in [0.2, 0.25) is 0 Å². The Morgan fingerprint density at radius 2 is 2.06 bits per heavy atom. The average Bonchev–Trinajstić information content (AvgIpc) is 2.37. The van der Waals surface area contributed by atoms with Crippen molar-refractivity contribution in [3.8, 4) is 0 Å². The van der Waals surface area contributed by atoms with Crippen LogP contribution in [-0.4, -0.2) is 37.5 Å². The molecule has 0 heterocycles. The summed E-state index contributed by atoms with van der Waals surface area (Å²) in [6, 6.07) is 10.4. The fourth-order valence-electron chi connectivity index (χ4n) is 2.06. The van der Waals surface area contributed by atoms with Crippen LogP contribution >= 0.6 is 0 Å². The van der Waals surface area contributed by atoms with Gasteiger partial charge in [-0.25, -0.2) is 0 Å². The Morgan fingerprint density at radius 3 is 2.61 bits per heavy atom. The van der Waals surface area contributed by atoms with E-state index in [1.807, 2.05) is 37.1 Å². The van der Waals surface area contributed by atoms with Crippen LogP contribution in [0.3, 0.4) is 0 Å². The normalized spacial score (nSPS) is 12.4. The molecule has 3 N–H and O–H groups in total. The Kier molecular flexibility index (Phi) is 6.39. The molecule has 0 saturated carbocycles. The highest BCUT2D eigenvalue weighted by Crippen LogP contribution is 2.21. The number of nitrogens with two attached hydrogens (primary N) is 1. The zero-order chi connectivity index (χ0) is 13.4. The lowest BCUT2D eigenvalue weighted by Crippen LogP contribution is -2.37. The number of carbonyl (C=O) groups excluding carboxylic acids is 1. The third-order valence-electron chi connectivity index (χ3n) is 2.92. The fraction of sp³-hybridized carbons (Fsp3) is 0.500. The van der Waals surface area contributed by atoms with Crippen molar-refractivity contribution < 1.29 is 4.79 Å². The lowest BCUT2D eigenvalue weighted by atomic mass is 10.0. The van der Waals surface area contributed by atoms with Crippen molar-refractivity contribution in [1.82, 2.24) is 10.2 Å². The summed E-state index contributed by atoms with van der Waals surface area (Å²) in [5, 5.41) is 2.81. The maximum absolute atomic E-state index is 11.6. The van der Waals surface area contributed by atoms with E-state index in [4.69, 9.17) is 5.73 Å². The molecule has 0 spiro atoms. The highest BCUT2D eigenvalue weighted by atomic mass is 16.2. The third kappa shape index (κ3) is 4.47. The standard InChI is InChI=1S/C14H23N3O/c1-3-16-14(18)11-17(2)13(9-10-15)12-7-5-4-6-8-12/h4-8,13H,3,9-11,15H2,1-2H3,(H,16,18). The smallest absolute Gasteiger partial charge is 0.234 e. The minimum Gasteiger partial charge on any atom is -0.355 e. The quantitative estimate of drug-likeness (QED) is 0.762. The van der Waals surface area contributed by atoms with Crippen molar-refractivity contribution in [3.63, 3.8) is 0 Å². The first kappa shape index (κ1) is 14.7. The van der Waals surface area contributed by atoms with Gasteiger partial charge in [-0.2, -0.15) is 0 Å². The molecule has 1 atom stereocenters. The molecule has 1 unspecified atom stereocenters. The summed E-state index contributed by atoms with van der Waals surface area (Å²) in [6.07, 6.45) is 0.847. The zero-order valence-corrected chi connectivity index (χ0v) is 11.2. The number of nitrogens with one attached hydrogen (secondary N) is 1. The molecule has 0 fully saturated rings. The Morgan fingerprint density at radius 1 is 1.39 bits per heavy atom. The molecule has 4 nitrogen and oxygen atoms in total. The molecule has 1 aromatic carbocycles. The predicted molar refractivity (Wildman–Crippen MR) is 74.2 cm³/mol. The van der Waals surface area contributed by atoms with Gasteiger partial charge in [0.2, 0.25) is 5.91 Å². The maximum atomic E-state index is 11.6. The van der Waals surface area contributed by atoms with Crippen LogP contribution in [-0.2, 0) is 4.79 Å². The van der Waals surface area contributed by atoms with Gasteiger partial charge in [0.1, 0.15) is 0 Å². The molecule has 0 aliphatic rings. The molecular formula is C14H23N3O. The van der Waals surface area contributed by atoms with E-state index in [0.29, 0.717) is 19.6 Å². The molecule has 0 aliphatic heterocycles. The van der Waals surface area contributed by atoms with Crippen molar-refractivity contribution in [2.45, 2.75) is 19.4 Å². The molecule has 18 heavy (non-hydrogen) atoms. The molecule has 0 saturated heterocycles. The van der Waals surface area contributed by atoms with Gasteiger partial charge < -0.3 is 11.1 Å². The van der Waals surface area contributed by atoms with Gasteiger partial charge in [-0.15, -0.1) is 0 Å². The molecule has 0 bridgehead atoms. The third-order valence-corrected chi connectivity index (χ3v) is 2.92. The number of amides is 1. The number of hydrogen-bond donors (Lipinski definition) is 2. The molecule has 1 aromatic rings. The second-order valence-corrected chi connectivity index (χ2v) is 4.37. The van der Waals surface area contributed by atoms with E-state index in [9.17, 15) is 4.79 Å². The van der Waals surface area contributed by atoms with E-state index < -0.39 is 0 Å². The predicted octanol–water partition coefficient (Wildman–Crippen LogP) is 1.14. The van der Waals surface area contributed by atoms with E-state index in [0.717, 1.165) is 6.42 Å². The van der Waals surface area contributed by atoms with E-state index in [2.05, 4.69) is 17.4 Å². The lowest BCUT2D eigenvalue weighted by Gasteiger charge is -2.27. The molecule has 100 valence electrons. The van der Waals surface area contributed by atoms with Gasteiger partial charge in [-0.3, -0.25) is 9.69 Å². The molecule has 0 aromatic heterocycles. The summed E-state index contributed by atoms with van der Waals surface area (Å²) >= 11 is 0. The lowest BCUT2D eigenvalue weighted by molar-refractivity contribution is -0.122. The first-order chi connectivity index (χ1) is 8.69.